The van der Waals surface area contributed by atoms with Crippen molar-refractivity contribution in [3.05, 3.63) is 65.6 Å². The summed E-state index contributed by atoms with van der Waals surface area (Å²) in [7, 11) is 5.45. The van der Waals surface area contributed by atoms with E-state index in [0.717, 1.165) is 46.7 Å². The summed E-state index contributed by atoms with van der Waals surface area (Å²) in [5.74, 6) is 1.45. The van der Waals surface area contributed by atoms with Crippen LogP contribution in [0.1, 0.15) is 11.1 Å². The summed E-state index contributed by atoms with van der Waals surface area (Å²) in [4.78, 5) is 9.55. The number of benzene rings is 2. The Labute approximate surface area is 182 Å². The van der Waals surface area contributed by atoms with Crippen LogP contribution in [0.25, 0.3) is 10.9 Å². The van der Waals surface area contributed by atoms with Crippen molar-refractivity contribution in [3.8, 4) is 5.75 Å². The number of rotatable bonds is 6. The number of ether oxygens (including phenoxy) is 1. The lowest BCUT2D eigenvalue weighted by Gasteiger charge is -2.23. The molecule has 0 aliphatic heterocycles. The minimum absolute atomic E-state index is 0. The zero-order valence-electron chi connectivity index (χ0n) is 16.3. The molecular weight excluding hydrogens is 470 g/mol. The summed E-state index contributed by atoms with van der Waals surface area (Å²) in [6, 6.07) is 12.8. The van der Waals surface area contributed by atoms with Crippen molar-refractivity contribution in [2.75, 3.05) is 27.7 Å². The maximum atomic E-state index is 13.3. The number of hydrogen-bond acceptors (Lipinski definition) is 2. The molecule has 0 spiro atoms. The van der Waals surface area contributed by atoms with Crippen LogP contribution >= 0.6 is 24.0 Å². The van der Waals surface area contributed by atoms with Gasteiger partial charge in [0.1, 0.15) is 11.6 Å². The van der Waals surface area contributed by atoms with E-state index in [2.05, 4.69) is 20.2 Å². The maximum absolute atomic E-state index is 13.3. The van der Waals surface area contributed by atoms with E-state index in [-0.39, 0.29) is 29.8 Å². The number of methoxy groups -OCH3 is 1. The Morgan fingerprint density at radius 3 is 2.75 bits per heavy atom. The maximum Gasteiger partial charge on any atom is 0.193 e. The van der Waals surface area contributed by atoms with Crippen LogP contribution in [-0.4, -0.2) is 43.6 Å². The summed E-state index contributed by atoms with van der Waals surface area (Å²) in [5.41, 5.74) is 3.08. The zero-order valence-corrected chi connectivity index (χ0v) is 18.7. The van der Waals surface area contributed by atoms with Crippen molar-refractivity contribution >= 4 is 40.8 Å². The fraction of sp³-hybridized carbons (Fsp3) is 0.286. The lowest BCUT2D eigenvalue weighted by molar-refractivity contribution is 0.396. The van der Waals surface area contributed by atoms with Crippen LogP contribution in [0.4, 0.5) is 4.39 Å². The Morgan fingerprint density at radius 1 is 1.21 bits per heavy atom. The highest BCUT2D eigenvalue weighted by Crippen LogP contribution is 2.20. The molecule has 0 aliphatic rings. The topological polar surface area (TPSA) is 52.7 Å². The van der Waals surface area contributed by atoms with Crippen molar-refractivity contribution in [1.29, 1.82) is 0 Å². The third-order valence-electron chi connectivity index (χ3n) is 4.58. The Balaban J connectivity index is 0.00000280. The predicted molar refractivity (Wildman–Crippen MR) is 123 cm³/mol. The van der Waals surface area contributed by atoms with Crippen molar-refractivity contribution in [1.82, 2.24) is 15.2 Å². The van der Waals surface area contributed by atoms with Gasteiger partial charge in [-0.3, -0.25) is 4.99 Å². The smallest absolute Gasteiger partial charge is 0.193 e. The van der Waals surface area contributed by atoms with Crippen molar-refractivity contribution in [3.63, 3.8) is 0 Å². The van der Waals surface area contributed by atoms with Gasteiger partial charge >= 0.3 is 0 Å². The molecular formula is C21H26FIN4O. The van der Waals surface area contributed by atoms with Gasteiger partial charge in [0, 0.05) is 49.8 Å². The highest BCUT2D eigenvalue weighted by Gasteiger charge is 2.10. The number of hydrogen-bond donors (Lipinski definition) is 2. The molecule has 7 heteroatoms. The minimum atomic E-state index is -0.229. The quantitative estimate of drug-likeness (QED) is 0.306. The molecule has 150 valence electrons. The number of nitrogens with one attached hydrogen (secondary N) is 2. The number of aromatic nitrogens is 1. The lowest BCUT2D eigenvalue weighted by atomic mass is 10.1. The number of aliphatic imine (C=N–C) groups is 1. The molecule has 1 aromatic heterocycles. The number of nitrogens with zero attached hydrogens (tertiary/aromatic N) is 2. The number of aromatic amines is 1. The molecule has 0 saturated carbocycles. The number of guanidine groups is 1. The van der Waals surface area contributed by atoms with Gasteiger partial charge in [-0.1, -0.05) is 18.2 Å². The first kappa shape index (κ1) is 22.0. The van der Waals surface area contributed by atoms with Crippen molar-refractivity contribution < 1.29 is 9.13 Å². The number of para-hydroxylation sites is 1. The van der Waals surface area contributed by atoms with E-state index < -0.39 is 0 Å². The van der Waals surface area contributed by atoms with Gasteiger partial charge in [0.25, 0.3) is 0 Å². The van der Waals surface area contributed by atoms with Crippen LogP contribution in [0.2, 0.25) is 0 Å². The molecule has 0 amide bonds. The third kappa shape index (κ3) is 5.15. The fourth-order valence-electron chi connectivity index (χ4n) is 3.22. The van der Waals surface area contributed by atoms with Crippen LogP contribution in [-0.2, 0) is 13.0 Å². The number of halogens is 2. The highest BCUT2D eigenvalue weighted by molar-refractivity contribution is 14.0. The summed E-state index contributed by atoms with van der Waals surface area (Å²) < 4.78 is 18.7. The van der Waals surface area contributed by atoms with E-state index >= 15 is 0 Å². The summed E-state index contributed by atoms with van der Waals surface area (Å²) in [6.07, 6.45) is 2.75. The van der Waals surface area contributed by atoms with E-state index in [1.54, 1.807) is 14.2 Å². The van der Waals surface area contributed by atoms with Gasteiger partial charge in [0.2, 0.25) is 0 Å². The Hall–Kier alpha value is -2.29. The summed E-state index contributed by atoms with van der Waals surface area (Å²) >= 11 is 0. The molecule has 0 unspecified atom stereocenters. The molecule has 0 aliphatic carbocycles. The van der Waals surface area contributed by atoms with E-state index in [1.165, 1.54) is 12.1 Å². The first-order valence-electron chi connectivity index (χ1n) is 8.91. The van der Waals surface area contributed by atoms with Crippen LogP contribution in [0.5, 0.6) is 5.75 Å². The van der Waals surface area contributed by atoms with Gasteiger partial charge in [0.15, 0.2) is 5.96 Å². The molecule has 3 aromatic rings. The SMILES string of the molecule is CN=C(NCCc1c[nH]c2cc(F)ccc12)N(C)Cc1ccccc1OC.I. The third-order valence-corrected chi connectivity index (χ3v) is 4.58. The minimum Gasteiger partial charge on any atom is -0.496 e. The van der Waals surface area contributed by atoms with E-state index in [0.29, 0.717) is 6.54 Å². The molecule has 1 heterocycles. The molecule has 0 atom stereocenters. The second-order valence-corrected chi connectivity index (χ2v) is 6.40. The van der Waals surface area contributed by atoms with Gasteiger partial charge in [-0.2, -0.15) is 0 Å². The van der Waals surface area contributed by atoms with Crippen LogP contribution < -0.4 is 10.1 Å². The van der Waals surface area contributed by atoms with Crippen LogP contribution in [0, 0.1) is 5.82 Å². The van der Waals surface area contributed by atoms with Gasteiger partial charge in [-0.25, -0.2) is 4.39 Å². The molecule has 2 aromatic carbocycles. The zero-order chi connectivity index (χ0) is 19.2. The Bertz CT molecular complexity index is 941. The summed E-state index contributed by atoms with van der Waals surface area (Å²) in [6.45, 7) is 1.42. The predicted octanol–water partition coefficient (Wildman–Crippen LogP) is 4.18. The van der Waals surface area contributed by atoms with Gasteiger partial charge < -0.3 is 19.9 Å². The van der Waals surface area contributed by atoms with Gasteiger partial charge in [0.05, 0.1) is 7.11 Å². The van der Waals surface area contributed by atoms with Gasteiger partial charge in [-0.15, -0.1) is 24.0 Å². The summed E-state index contributed by atoms with van der Waals surface area (Å²) in [5, 5.41) is 4.44. The van der Waals surface area contributed by atoms with Gasteiger partial charge in [-0.05, 0) is 36.2 Å². The van der Waals surface area contributed by atoms with Crippen molar-refractivity contribution in [2.45, 2.75) is 13.0 Å². The van der Waals surface area contributed by atoms with Crippen LogP contribution in [0.3, 0.4) is 0 Å². The molecule has 0 bridgehead atoms. The molecule has 28 heavy (non-hydrogen) atoms. The Kier molecular flexibility index (Phi) is 8.10. The molecule has 3 rings (SSSR count). The second kappa shape index (κ2) is 10.3. The fourth-order valence-corrected chi connectivity index (χ4v) is 3.22. The first-order chi connectivity index (χ1) is 13.1. The lowest BCUT2D eigenvalue weighted by Crippen LogP contribution is -2.39. The molecule has 0 fully saturated rings. The first-order valence-corrected chi connectivity index (χ1v) is 8.91. The molecule has 5 nitrogen and oxygen atoms in total. The Morgan fingerprint density at radius 2 is 2.00 bits per heavy atom. The van der Waals surface area contributed by atoms with E-state index in [4.69, 9.17) is 4.74 Å². The van der Waals surface area contributed by atoms with E-state index in [9.17, 15) is 4.39 Å². The standard InChI is InChI=1S/C21H25FN4O.HI/c1-23-21(26(2)14-16-6-4-5-7-20(16)27-3)24-11-10-15-13-25-19-12-17(22)8-9-18(15)19;/h4-9,12-13,25H,10-11,14H2,1-3H3,(H,23,24);1H. The highest BCUT2D eigenvalue weighted by atomic mass is 127. The van der Waals surface area contributed by atoms with Crippen LogP contribution in [0.15, 0.2) is 53.7 Å². The van der Waals surface area contributed by atoms with Crippen molar-refractivity contribution in [2.24, 2.45) is 4.99 Å². The largest absolute Gasteiger partial charge is 0.496 e. The monoisotopic (exact) mass is 496 g/mol. The number of H-pyrrole nitrogens is 1. The average Bonchev–Trinajstić information content (AvgIpc) is 3.07. The number of fused-ring (bicyclic) bond motifs is 1. The second-order valence-electron chi connectivity index (χ2n) is 6.40. The average molecular weight is 496 g/mol. The molecule has 2 N–H and O–H groups in total. The molecule has 0 radical (unpaired) electrons. The van der Waals surface area contributed by atoms with E-state index in [1.807, 2.05) is 43.6 Å². The normalized spacial score (nSPS) is 11.2. The molecule has 0 saturated heterocycles.